The van der Waals surface area contributed by atoms with Crippen molar-refractivity contribution in [1.29, 1.82) is 0 Å². The summed E-state index contributed by atoms with van der Waals surface area (Å²) in [5, 5.41) is 3.25. The summed E-state index contributed by atoms with van der Waals surface area (Å²) >= 11 is 6.00. The highest BCUT2D eigenvalue weighted by molar-refractivity contribution is 6.34. The predicted octanol–water partition coefficient (Wildman–Crippen LogP) is 2.94. The highest BCUT2D eigenvalue weighted by atomic mass is 35.5. The second kappa shape index (κ2) is 5.27. The molecule has 0 saturated carbocycles. The number of likely N-dealkylation sites (tertiary alicyclic amines) is 1. The fraction of sp³-hybridized carbons (Fsp3) is 0.417. The number of halogens is 1. The van der Waals surface area contributed by atoms with Crippen molar-refractivity contribution < 1.29 is 4.79 Å². The third kappa shape index (κ3) is 2.82. The quantitative estimate of drug-likeness (QED) is 0.756. The maximum absolute atomic E-state index is 12.0. The summed E-state index contributed by atoms with van der Waals surface area (Å²) in [5.74, 6) is 0. The topological polar surface area (TPSA) is 58.4 Å². The van der Waals surface area contributed by atoms with E-state index in [-0.39, 0.29) is 6.03 Å². The summed E-state index contributed by atoms with van der Waals surface area (Å²) in [6, 6.07) is 5.07. The fourth-order valence-corrected chi connectivity index (χ4v) is 2.18. The summed E-state index contributed by atoms with van der Waals surface area (Å²) < 4.78 is 0. The average molecular weight is 254 g/mol. The van der Waals surface area contributed by atoms with E-state index >= 15 is 0 Å². The van der Waals surface area contributed by atoms with Crippen LogP contribution in [0.1, 0.15) is 19.3 Å². The number of hydrogen-bond donors (Lipinski definition) is 2. The molecule has 17 heavy (non-hydrogen) atoms. The highest BCUT2D eigenvalue weighted by Gasteiger charge is 2.18. The normalized spacial score (nSPS) is 15.7. The van der Waals surface area contributed by atoms with Crippen molar-refractivity contribution in [3.63, 3.8) is 0 Å². The van der Waals surface area contributed by atoms with Crippen molar-refractivity contribution in [2.24, 2.45) is 0 Å². The minimum atomic E-state index is -0.121. The number of anilines is 2. The number of nitrogens with zero attached hydrogens (tertiary/aromatic N) is 1. The first-order chi connectivity index (χ1) is 8.18. The molecular weight excluding hydrogens is 238 g/mol. The van der Waals surface area contributed by atoms with E-state index in [4.69, 9.17) is 17.3 Å². The number of nitrogens with one attached hydrogen (secondary N) is 1. The number of benzene rings is 1. The van der Waals surface area contributed by atoms with Gasteiger partial charge in [-0.2, -0.15) is 0 Å². The molecule has 1 saturated heterocycles. The molecule has 2 amide bonds. The number of carbonyl (C=O) groups is 1. The second-order valence-electron chi connectivity index (χ2n) is 4.18. The van der Waals surface area contributed by atoms with Crippen LogP contribution >= 0.6 is 11.6 Å². The second-order valence-corrected chi connectivity index (χ2v) is 4.59. The number of hydrogen-bond acceptors (Lipinski definition) is 2. The molecule has 2 rings (SSSR count). The van der Waals surface area contributed by atoms with Gasteiger partial charge < -0.3 is 16.0 Å². The largest absolute Gasteiger partial charge is 0.397 e. The van der Waals surface area contributed by atoms with Gasteiger partial charge in [-0.25, -0.2) is 4.79 Å². The van der Waals surface area contributed by atoms with Crippen molar-refractivity contribution in [2.45, 2.75) is 19.3 Å². The lowest BCUT2D eigenvalue weighted by molar-refractivity contribution is 0.200. The van der Waals surface area contributed by atoms with E-state index in [0.29, 0.717) is 16.4 Å². The zero-order valence-corrected chi connectivity index (χ0v) is 10.3. The van der Waals surface area contributed by atoms with Gasteiger partial charge in [0, 0.05) is 13.1 Å². The Labute approximate surface area is 106 Å². The zero-order chi connectivity index (χ0) is 12.3. The van der Waals surface area contributed by atoms with Crippen molar-refractivity contribution in [1.82, 2.24) is 4.90 Å². The molecule has 0 bridgehead atoms. The van der Waals surface area contributed by atoms with E-state index in [0.717, 1.165) is 25.9 Å². The van der Waals surface area contributed by atoms with Gasteiger partial charge in [-0.1, -0.05) is 17.7 Å². The Balaban J connectivity index is 2.07. The molecule has 0 aliphatic carbocycles. The molecule has 1 heterocycles. The number of nitrogens with two attached hydrogens (primary N) is 1. The summed E-state index contributed by atoms with van der Waals surface area (Å²) in [7, 11) is 0. The van der Waals surface area contributed by atoms with Crippen LogP contribution in [0.5, 0.6) is 0 Å². The number of carbonyl (C=O) groups excluding carboxylic acids is 1. The third-order valence-corrected chi connectivity index (χ3v) is 3.24. The highest BCUT2D eigenvalue weighted by Crippen LogP contribution is 2.28. The van der Waals surface area contributed by atoms with Gasteiger partial charge in [0.1, 0.15) is 0 Å². The Morgan fingerprint density at radius 2 is 2.00 bits per heavy atom. The Bertz CT molecular complexity index is 396. The van der Waals surface area contributed by atoms with E-state index in [2.05, 4.69) is 5.32 Å². The number of piperidine rings is 1. The number of para-hydroxylation sites is 1. The third-order valence-electron chi connectivity index (χ3n) is 2.92. The fourth-order valence-electron chi connectivity index (χ4n) is 1.96. The van der Waals surface area contributed by atoms with Gasteiger partial charge in [-0.05, 0) is 31.4 Å². The van der Waals surface area contributed by atoms with Crippen LogP contribution < -0.4 is 11.1 Å². The van der Waals surface area contributed by atoms with Crippen molar-refractivity contribution in [2.75, 3.05) is 24.1 Å². The lowest BCUT2D eigenvalue weighted by Crippen LogP contribution is -2.38. The van der Waals surface area contributed by atoms with Gasteiger partial charge in [0.05, 0.1) is 16.4 Å². The molecule has 0 aromatic heterocycles. The van der Waals surface area contributed by atoms with E-state index in [1.807, 2.05) is 0 Å². The number of nitrogen functional groups attached to an aromatic ring is 1. The van der Waals surface area contributed by atoms with E-state index in [9.17, 15) is 4.79 Å². The van der Waals surface area contributed by atoms with Crippen molar-refractivity contribution in [3.8, 4) is 0 Å². The molecule has 1 aliphatic rings. The molecule has 0 radical (unpaired) electrons. The first-order valence-corrected chi connectivity index (χ1v) is 6.16. The van der Waals surface area contributed by atoms with Crippen molar-refractivity contribution >= 4 is 29.0 Å². The SMILES string of the molecule is Nc1cccc(Cl)c1NC(=O)N1CCCCC1. The van der Waals surface area contributed by atoms with E-state index in [1.165, 1.54) is 6.42 Å². The molecule has 0 atom stereocenters. The Morgan fingerprint density at radius 1 is 1.29 bits per heavy atom. The van der Waals surface area contributed by atoms with Gasteiger partial charge in [-0.15, -0.1) is 0 Å². The number of urea groups is 1. The lowest BCUT2D eigenvalue weighted by Gasteiger charge is -2.27. The van der Waals surface area contributed by atoms with Crippen LogP contribution in [0, 0.1) is 0 Å². The molecule has 3 N–H and O–H groups in total. The molecule has 1 aromatic carbocycles. The van der Waals surface area contributed by atoms with Crippen molar-refractivity contribution in [3.05, 3.63) is 23.2 Å². The van der Waals surface area contributed by atoms with Gasteiger partial charge in [-0.3, -0.25) is 0 Å². The van der Waals surface area contributed by atoms with E-state index in [1.54, 1.807) is 23.1 Å². The molecule has 1 fully saturated rings. The minimum absolute atomic E-state index is 0.121. The number of rotatable bonds is 1. The first-order valence-electron chi connectivity index (χ1n) is 5.78. The number of amides is 2. The van der Waals surface area contributed by atoms with Gasteiger partial charge in [0.25, 0.3) is 0 Å². The van der Waals surface area contributed by atoms with Crippen LogP contribution in [0.15, 0.2) is 18.2 Å². The lowest BCUT2D eigenvalue weighted by atomic mass is 10.1. The standard InChI is InChI=1S/C12H16ClN3O/c13-9-5-4-6-10(14)11(9)15-12(17)16-7-2-1-3-8-16/h4-6H,1-3,7-8,14H2,(H,15,17). The molecular formula is C12H16ClN3O. The molecule has 1 aliphatic heterocycles. The zero-order valence-electron chi connectivity index (χ0n) is 9.58. The molecule has 0 unspecified atom stereocenters. The average Bonchev–Trinajstić information content (AvgIpc) is 2.35. The monoisotopic (exact) mass is 253 g/mol. The maximum Gasteiger partial charge on any atom is 0.321 e. The van der Waals surface area contributed by atoms with Crippen LogP contribution in [0.25, 0.3) is 0 Å². The van der Waals surface area contributed by atoms with Crippen LogP contribution in [-0.4, -0.2) is 24.0 Å². The molecule has 1 aromatic rings. The predicted molar refractivity (Wildman–Crippen MR) is 70.3 cm³/mol. The summed E-state index contributed by atoms with van der Waals surface area (Å²) in [6.45, 7) is 1.60. The minimum Gasteiger partial charge on any atom is -0.397 e. The van der Waals surface area contributed by atoms with Gasteiger partial charge >= 0.3 is 6.03 Å². The Morgan fingerprint density at radius 3 is 2.65 bits per heavy atom. The smallest absolute Gasteiger partial charge is 0.321 e. The summed E-state index contributed by atoms with van der Waals surface area (Å²) in [5.41, 5.74) is 6.77. The summed E-state index contributed by atoms with van der Waals surface area (Å²) in [4.78, 5) is 13.8. The van der Waals surface area contributed by atoms with Gasteiger partial charge in [0.2, 0.25) is 0 Å². The first kappa shape index (κ1) is 12.0. The summed E-state index contributed by atoms with van der Waals surface area (Å²) in [6.07, 6.45) is 3.31. The van der Waals surface area contributed by atoms with Crippen LogP contribution in [0.4, 0.5) is 16.2 Å². The maximum atomic E-state index is 12.0. The molecule has 5 heteroatoms. The van der Waals surface area contributed by atoms with Crippen LogP contribution in [0.3, 0.4) is 0 Å². The Kier molecular flexibility index (Phi) is 3.74. The van der Waals surface area contributed by atoms with E-state index < -0.39 is 0 Å². The van der Waals surface area contributed by atoms with Crippen LogP contribution in [-0.2, 0) is 0 Å². The van der Waals surface area contributed by atoms with Crippen LogP contribution in [0.2, 0.25) is 5.02 Å². The Hall–Kier alpha value is -1.42. The van der Waals surface area contributed by atoms with Gasteiger partial charge in [0.15, 0.2) is 0 Å². The molecule has 92 valence electrons. The molecule has 0 spiro atoms. The molecule has 4 nitrogen and oxygen atoms in total.